The second kappa shape index (κ2) is 7.18. The van der Waals surface area contributed by atoms with E-state index in [0.29, 0.717) is 6.54 Å². The van der Waals surface area contributed by atoms with E-state index in [2.05, 4.69) is 21.3 Å². The van der Waals surface area contributed by atoms with Crippen LogP contribution in [-0.2, 0) is 11.3 Å². The van der Waals surface area contributed by atoms with Crippen molar-refractivity contribution in [1.29, 1.82) is 0 Å². The normalized spacial score (nSPS) is 15.6. The van der Waals surface area contributed by atoms with Crippen molar-refractivity contribution in [2.24, 2.45) is 0 Å². The van der Waals surface area contributed by atoms with Crippen LogP contribution in [0.3, 0.4) is 0 Å². The zero-order valence-electron chi connectivity index (χ0n) is 12.7. The lowest BCUT2D eigenvalue weighted by Crippen LogP contribution is -2.22. The Hall–Kier alpha value is -2.20. The number of fused-ring (bicyclic) bond motifs is 1. The van der Waals surface area contributed by atoms with Crippen molar-refractivity contribution < 1.29 is 4.79 Å². The van der Waals surface area contributed by atoms with Crippen LogP contribution in [0, 0.1) is 0 Å². The molecule has 4 heteroatoms. The molecular weight excluding hydrogens is 274 g/mol. The van der Waals surface area contributed by atoms with Gasteiger partial charge in [-0.2, -0.15) is 0 Å². The SMILES string of the molecule is O=C(/C=C/CN1CCCC1)NCc1nccc2ccccc12. The van der Waals surface area contributed by atoms with Crippen LogP contribution in [-0.4, -0.2) is 35.4 Å². The van der Waals surface area contributed by atoms with Gasteiger partial charge in [-0.1, -0.05) is 30.3 Å². The summed E-state index contributed by atoms with van der Waals surface area (Å²) in [5.74, 6) is -0.0612. The maximum absolute atomic E-state index is 11.9. The minimum absolute atomic E-state index is 0.0612. The first-order valence-corrected chi connectivity index (χ1v) is 7.82. The summed E-state index contributed by atoms with van der Waals surface area (Å²) in [5.41, 5.74) is 0.902. The molecule has 22 heavy (non-hydrogen) atoms. The van der Waals surface area contributed by atoms with Crippen molar-refractivity contribution >= 4 is 16.7 Å². The number of aromatic nitrogens is 1. The molecule has 0 aliphatic carbocycles. The van der Waals surface area contributed by atoms with Crippen molar-refractivity contribution in [1.82, 2.24) is 15.2 Å². The molecule has 0 bridgehead atoms. The summed E-state index contributed by atoms with van der Waals surface area (Å²) >= 11 is 0. The molecule has 1 fully saturated rings. The summed E-state index contributed by atoms with van der Waals surface area (Å²) in [7, 11) is 0. The van der Waals surface area contributed by atoms with Gasteiger partial charge in [-0.3, -0.25) is 14.7 Å². The number of nitrogens with zero attached hydrogens (tertiary/aromatic N) is 2. The molecule has 0 unspecified atom stereocenters. The van der Waals surface area contributed by atoms with Crippen LogP contribution >= 0.6 is 0 Å². The molecule has 0 atom stereocenters. The number of rotatable bonds is 5. The molecule has 2 aromatic rings. The fourth-order valence-corrected chi connectivity index (χ4v) is 2.83. The number of pyridine rings is 1. The largest absolute Gasteiger partial charge is 0.347 e. The van der Waals surface area contributed by atoms with Crippen LogP contribution < -0.4 is 5.32 Å². The third-order valence-electron chi connectivity index (χ3n) is 4.02. The molecule has 1 aromatic heterocycles. The quantitative estimate of drug-likeness (QED) is 0.862. The van der Waals surface area contributed by atoms with Gasteiger partial charge < -0.3 is 5.32 Å². The van der Waals surface area contributed by atoms with E-state index in [9.17, 15) is 4.79 Å². The topological polar surface area (TPSA) is 45.2 Å². The number of carbonyl (C=O) groups is 1. The van der Waals surface area contributed by atoms with E-state index >= 15 is 0 Å². The van der Waals surface area contributed by atoms with Crippen molar-refractivity contribution in [2.75, 3.05) is 19.6 Å². The summed E-state index contributed by atoms with van der Waals surface area (Å²) < 4.78 is 0. The lowest BCUT2D eigenvalue weighted by Gasteiger charge is -2.10. The van der Waals surface area contributed by atoms with Crippen molar-refractivity contribution in [3.8, 4) is 0 Å². The van der Waals surface area contributed by atoms with Crippen LogP contribution in [0.2, 0.25) is 0 Å². The van der Waals surface area contributed by atoms with Gasteiger partial charge in [0, 0.05) is 24.2 Å². The molecule has 114 valence electrons. The van der Waals surface area contributed by atoms with Gasteiger partial charge in [0.05, 0.1) is 12.2 Å². The Kier molecular flexibility index (Phi) is 4.81. The summed E-state index contributed by atoms with van der Waals surface area (Å²) in [6.45, 7) is 3.60. The van der Waals surface area contributed by atoms with Gasteiger partial charge in [0.25, 0.3) is 0 Å². The van der Waals surface area contributed by atoms with Gasteiger partial charge in [-0.25, -0.2) is 0 Å². The van der Waals surface area contributed by atoms with Gasteiger partial charge >= 0.3 is 0 Å². The second-order valence-electron chi connectivity index (χ2n) is 5.61. The molecule has 2 heterocycles. The highest BCUT2D eigenvalue weighted by Crippen LogP contribution is 2.15. The molecule has 1 N–H and O–H groups in total. The molecule has 1 amide bonds. The molecule has 1 aliphatic rings. The number of benzene rings is 1. The van der Waals surface area contributed by atoms with E-state index < -0.39 is 0 Å². The standard InChI is InChI=1S/C18H21N3O/c22-18(8-5-13-21-11-3-4-12-21)20-14-17-16-7-2-1-6-15(16)9-10-19-17/h1-2,5-10H,3-4,11-14H2,(H,20,22)/b8-5+. The summed E-state index contributed by atoms with van der Waals surface area (Å²) in [6, 6.07) is 10.1. The van der Waals surface area contributed by atoms with Crippen LogP contribution in [0.25, 0.3) is 10.8 Å². The average Bonchev–Trinajstić information content (AvgIpc) is 3.06. The zero-order chi connectivity index (χ0) is 15.2. The van der Waals surface area contributed by atoms with E-state index in [1.807, 2.05) is 30.3 Å². The van der Waals surface area contributed by atoms with E-state index in [-0.39, 0.29) is 5.91 Å². The van der Waals surface area contributed by atoms with Crippen LogP contribution in [0.1, 0.15) is 18.5 Å². The molecule has 1 saturated heterocycles. The predicted molar refractivity (Wildman–Crippen MR) is 88.4 cm³/mol. The highest BCUT2D eigenvalue weighted by atomic mass is 16.1. The Morgan fingerprint density at radius 1 is 1.23 bits per heavy atom. The van der Waals surface area contributed by atoms with Gasteiger partial charge in [0.1, 0.15) is 0 Å². The Balaban J connectivity index is 1.54. The fraction of sp³-hybridized carbons (Fsp3) is 0.333. The number of likely N-dealkylation sites (tertiary alicyclic amines) is 1. The van der Waals surface area contributed by atoms with Crippen LogP contribution in [0.5, 0.6) is 0 Å². The average molecular weight is 295 g/mol. The van der Waals surface area contributed by atoms with Gasteiger partial charge in [-0.05, 0) is 37.4 Å². The third kappa shape index (κ3) is 3.71. The monoisotopic (exact) mass is 295 g/mol. The van der Waals surface area contributed by atoms with Gasteiger partial charge in [0.15, 0.2) is 0 Å². The minimum atomic E-state index is -0.0612. The molecule has 1 aromatic carbocycles. The predicted octanol–water partition coefficient (Wildman–Crippen LogP) is 2.50. The summed E-state index contributed by atoms with van der Waals surface area (Å²) in [6.07, 6.45) is 7.90. The minimum Gasteiger partial charge on any atom is -0.347 e. The smallest absolute Gasteiger partial charge is 0.244 e. The lowest BCUT2D eigenvalue weighted by atomic mass is 10.1. The molecule has 0 saturated carbocycles. The van der Waals surface area contributed by atoms with Crippen molar-refractivity contribution in [3.63, 3.8) is 0 Å². The van der Waals surface area contributed by atoms with Crippen LogP contribution in [0.15, 0.2) is 48.7 Å². The zero-order valence-corrected chi connectivity index (χ0v) is 12.7. The lowest BCUT2D eigenvalue weighted by molar-refractivity contribution is -0.116. The first-order valence-electron chi connectivity index (χ1n) is 7.82. The van der Waals surface area contributed by atoms with E-state index in [0.717, 1.165) is 36.1 Å². The maximum Gasteiger partial charge on any atom is 0.244 e. The third-order valence-corrected chi connectivity index (χ3v) is 4.02. The van der Waals surface area contributed by atoms with Crippen LogP contribution in [0.4, 0.5) is 0 Å². The van der Waals surface area contributed by atoms with Gasteiger partial charge in [-0.15, -0.1) is 0 Å². The number of hydrogen-bond acceptors (Lipinski definition) is 3. The molecule has 1 aliphatic heterocycles. The Morgan fingerprint density at radius 2 is 2.05 bits per heavy atom. The first kappa shape index (κ1) is 14.7. The number of carbonyl (C=O) groups excluding carboxylic acids is 1. The molecule has 0 radical (unpaired) electrons. The van der Waals surface area contributed by atoms with Crippen molar-refractivity contribution in [2.45, 2.75) is 19.4 Å². The Morgan fingerprint density at radius 3 is 2.91 bits per heavy atom. The van der Waals surface area contributed by atoms with E-state index in [4.69, 9.17) is 0 Å². The highest BCUT2D eigenvalue weighted by molar-refractivity contribution is 5.88. The Labute approximate surface area is 130 Å². The first-order chi connectivity index (χ1) is 10.8. The number of amides is 1. The molecule has 3 rings (SSSR count). The van der Waals surface area contributed by atoms with E-state index in [1.165, 1.54) is 12.8 Å². The summed E-state index contributed by atoms with van der Waals surface area (Å²) in [5, 5.41) is 5.14. The summed E-state index contributed by atoms with van der Waals surface area (Å²) in [4.78, 5) is 18.6. The Bertz CT molecular complexity index is 670. The molecule has 0 spiro atoms. The van der Waals surface area contributed by atoms with Gasteiger partial charge in [0.2, 0.25) is 5.91 Å². The number of nitrogens with one attached hydrogen (secondary N) is 1. The fourth-order valence-electron chi connectivity index (χ4n) is 2.83. The number of hydrogen-bond donors (Lipinski definition) is 1. The second-order valence-corrected chi connectivity index (χ2v) is 5.61. The van der Waals surface area contributed by atoms with E-state index in [1.54, 1.807) is 12.3 Å². The molecule has 4 nitrogen and oxygen atoms in total. The maximum atomic E-state index is 11.9. The molecular formula is C18H21N3O. The van der Waals surface area contributed by atoms with Crippen molar-refractivity contribution in [3.05, 3.63) is 54.4 Å². The highest BCUT2D eigenvalue weighted by Gasteiger charge is 2.09.